The van der Waals surface area contributed by atoms with E-state index in [2.05, 4.69) is 31.3 Å². The maximum absolute atomic E-state index is 14.0. The Morgan fingerprint density at radius 1 is 1.17 bits per heavy atom. The molecule has 4 N–H and O–H groups in total. The van der Waals surface area contributed by atoms with Crippen molar-refractivity contribution in [2.45, 2.75) is 44.5 Å². The van der Waals surface area contributed by atoms with Gasteiger partial charge in [-0.05, 0) is 41.5 Å². The summed E-state index contributed by atoms with van der Waals surface area (Å²) in [5, 5.41) is 28.4. The molecule has 1 aromatic heterocycles. The number of ketones is 1. The lowest BCUT2D eigenvalue weighted by molar-refractivity contribution is -0.140. The molecule has 1 heterocycles. The van der Waals surface area contributed by atoms with E-state index in [9.17, 15) is 28.7 Å². The van der Waals surface area contributed by atoms with Crippen molar-refractivity contribution in [2.24, 2.45) is 5.92 Å². The van der Waals surface area contributed by atoms with Crippen molar-refractivity contribution in [1.29, 1.82) is 0 Å². The van der Waals surface area contributed by atoms with Crippen molar-refractivity contribution in [3.63, 3.8) is 0 Å². The number of Topliss-reactive ketones (excluding diaryl/α,β-unsaturated/α-hetero) is 1. The molecular weight excluding hydrogens is 591 g/mol. The van der Waals surface area contributed by atoms with Crippen LogP contribution in [0.4, 0.5) is 4.39 Å². The Morgan fingerprint density at radius 3 is 2.55 bits per heavy atom. The molecule has 0 radical (unpaired) electrons. The van der Waals surface area contributed by atoms with Gasteiger partial charge in [-0.1, -0.05) is 31.5 Å². The van der Waals surface area contributed by atoms with E-state index in [0.29, 0.717) is 22.7 Å². The second-order valence-electron chi connectivity index (χ2n) is 9.55. The molecule has 224 valence electrons. The number of benzene rings is 2. The van der Waals surface area contributed by atoms with Crippen molar-refractivity contribution in [2.75, 3.05) is 12.9 Å². The maximum Gasteiger partial charge on any atom is 0.305 e. The Hall–Kier alpha value is -4.04. The van der Waals surface area contributed by atoms with Crippen LogP contribution in [0.5, 0.6) is 5.75 Å². The average Bonchev–Trinajstić information content (AvgIpc) is 3.47. The number of aromatic amines is 1. The lowest BCUT2D eigenvalue weighted by Gasteiger charge is -2.25. The summed E-state index contributed by atoms with van der Waals surface area (Å²) in [6.07, 6.45) is -0.817. The summed E-state index contributed by atoms with van der Waals surface area (Å²) in [5.41, 5.74) is 1.32. The van der Waals surface area contributed by atoms with E-state index in [1.807, 2.05) is 0 Å². The predicted molar refractivity (Wildman–Crippen MR) is 153 cm³/mol. The highest BCUT2D eigenvalue weighted by molar-refractivity contribution is 7.99. The second kappa shape index (κ2) is 15.3. The van der Waals surface area contributed by atoms with Gasteiger partial charge in [-0.15, -0.1) is 22.0 Å². The van der Waals surface area contributed by atoms with Crippen molar-refractivity contribution in [3.8, 4) is 17.1 Å². The number of amides is 2. The van der Waals surface area contributed by atoms with Gasteiger partial charge in [0.25, 0.3) is 0 Å². The first-order valence-corrected chi connectivity index (χ1v) is 14.3. The summed E-state index contributed by atoms with van der Waals surface area (Å²) in [7, 11) is 1.46. The van der Waals surface area contributed by atoms with Crippen LogP contribution in [0.25, 0.3) is 11.4 Å². The third kappa shape index (κ3) is 8.98. The summed E-state index contributed by atoms with van der Waals surface area (Å²) < 4.78 is 19.4. The highest BCUT2D eigenvalue weighted by Crippen LogP contribution is 2.26. The fourth-order valence-corrected chi connectivity index (χ4v) is 5.29. The monoisotopic (exact) mass is 620 g/mol. The molecule has 3 aromatic rings. The minimum atomic E-state index is -1.36. The van der Waals surface area contributed by atoms with Crippen molar-refractivity contribution in [3.05, 3.63) is 58.4 Å². The fraction of sp³-hybridized carbons (Fsp3) is 0.370. The van der Waals surface area contributed by atoms with Crippen molar-refractivity contribution >= 4 is 46.9 Å². The third-order valence-electron chi connectivity index (χ3n) is 6.14. The molecule has 0 aliphatic rings. The first-order chi connectivity index (χ1) is 20.0. The lowest BCUT2D eigenvalue weighted by atomic mass is 10.0. The Morgan fingerprint density at radius 2 is 1.93 bits per heavy atom. The number of carbonyl (C=O) groups is 4. The number of aliphatic carboxylic acids is 1. The summed E-state index contributed by atoms with van der Waals surface area (Å²) in [6.45, 7) is 3.40. The Kier molecular flexibility index (Phi) is 11.8. The molecule has 2 atom stereocenters. The van der Waals surface area contributed by atoms with Crippen molar-refractivity contribution in [1.82, 2.24) is 31.3 Å². The van der Waals surface area contributed by atoms with Crippen molar-refractivity contribution < 1.29 is 33.4 Å². The predicted octanol–water partition coefficient (Wildman–Crippen LogP) is 2.81. The largest absolute Gasteiger partial charge is 0.496 e. The number of hydrogen-bond donors (Lipinski definition) is 4. The molecule has 0 spiro atoms. The molecule has 15 heteroatoms. The van der Waals surface area contributed by atoms with Gasteiger partial charge in [0, 0.05) is 27.5 Å². The number of carboxylic acid groups (broad SMARTS) is 1. The molecule has 0 bridgehead atoms. The van der Waals surface area contributed by atoms with Crippen LogP contribution in [0.15, 0.2) is 36.4 Å². The van der Waals surface area contributed by atoms with Gasteiger partial charge in [0.15, 0.2) is 5.78 Å². The highest BCUT2D eigenvalue weighted by Gasteiger charge is 2.30. The molecule has 2 aromatic carbocycles. The van der Waals surface area contributed by atoms with Crippen LogP contribution >= 0.6 is 23.4 Å². The molecule has 12 nitrogen and oxygen atoms in total. The number of H-pyrrole nitrogens is 1. The zero-order chi connectivity index (χ0) is 30.8. The van der Waals surface area contributed by atoms with E-state index in [-0.39, 0.29) is 28.5 Å². The van der Waals surface area contributed by atoms with Crippen LogP contribution in [-0.2, 0) is 31.4 Å². The van der Waals surface area contributed by atoms with Gasteiger partial charge in [-0.2, -0.15) is 5.21 Å². The molecule has 0 fully saturated rings. The van der Waals surface area contributed by atoms with Gasteiger partial charge in [-0.3, -0.25) is 19.2 Å². The molecule has 2 unspecified atom stereocenters. The molecule has 0 aliphatic heterocycles. The standard InChI is InChI=1S/C27H30ClFN6O6S/c1-14(2)25(31-23(37)10-16-9-15(7-8-22(16)41-3)26-32-34-35-33-26)27(40)30-20(11-24(38)39)21(36)13-42-12-17-18(28)5-4-6-19(17)29/h4-9,14,20,25H,10-13H2,1-3H3,(H,30,40)(H,31,37)(H,38,39)(H,32,33,34,35). The van der Waals surface area contributed by atoms with Crippen LogP contribution in [0.3, 0.4) is 0 Å². The smallest absolute Gasteiger partial charge is 0.305 e. The Balaban J connectivity index is 1.66. The highest BCUT2D eigenvalue weighted by atomic mass is 35.5. The number of halogens is 2. The van der Waals surface area contributed by atoms with E-state index in [1.165, 1.54) is 25.3 Å². The number of nitrogens with zero attached hydrogens (tertiary/aromatic N) is 3. The number of thioether (sulfide) groups is 1. The third-order valence-corrected chi connectivity index (χ3v) is 7.47. The van der Waals surface area contributed by atoms with E-state index < -0.39 is 53.8 Å². The summed E-state index contributed by atoms with van der Waals surface area (Å²) in [4.78, 5) is 50.6. The molecule has 0 saturated carbocycles. The minimum Gasteiger partial charge on any atom is -0.496 e. The van der Waals surface area contributed by atoms with Crippen LogP contribution in [0.1, 0.15) is 31.4 Å². The van der Waals surface area contributed by atoms with Gasteiger partial charge < -0.3 is 20.5 Å². The first-order valence-electron chi connectivity index (χ1n) is 12.8. The summed E-state index contributed by atoms with van der Waals surface area (Å²) >= 11 is 7.07. The lowest BCUT2D eigenvalue weighted by Crippen LogP contribution is -2.54. The molecule has 0 aliphatic carbocycles. The molecule has 2 amide bonds. The van der Waals surface area contributed by atoms with E-state index in [0.717, 1.165) is 11.8 Å². The average molecular weight is 621 g/mol. The molecule has 3 rings (SSSR count). The number of carboxylic acids is 1. The van der Waals surface area contributed by atoms with Crippen LogP contribution < -0.4 is 15.4 Å². The molecule has 42 heavy (non-hydrogen) atoms. The number of tetrazole rings is 1. The van der Waals surface area contributed by atoms with Gasteiger partial charge in [0.1, 0.15) is 17.6 Å². The van der Waals surface area contributed by atoms with E-state index >= 15 is 0 Å². The fourth-order valence-electron chi connectivity index (χ4n) is 3.98. The van der Waals surface area contributed by atoms with Crippen LogP contribution in [-0.4, -0.2) is 74.2 Å². The molecular formula is C27H30ClFN6O6S. The summed E-state index contributed by atoms with van der Waals surface area (Å²) in [5.74, 6) is -3.38. The number of carbonyl (C=O) groups excluding carboxylic acids is 3. The van der Waals surface area contributed by atoms with Crippen LogP contribution in [0, 0.1) is 11.7 Å². The number of hydrogen-bond acceptors (Lipinski definition) is 9. The van der Waals surface area contributed by atoms with E-state index in [4.69, 9.17) is 16.3 Å². The normalized spacial score (nSPS) is 12.4. The topological polar surface area (TPSA) is 176 Å². The quantitative estimate of drug-likeness (QED) is 0.198. The summed E-state index contributed by atoms with van der Waals surface area (Å²) in [6, 6.07) is 6.83. The van der Waals surface area contributed by atoms with Crippen LogP contribution in [0.2, 0.25) is 5.02 Å². The number of aromatic nitrogens is 4. The van der Waals surface area contributed by atoms with Gasteiger partial charge >= 0.3 is 5.97 Å². The number of ether oxygens (including phenoxy) is 1. The zero-order valence-corrected chi connectivity index (χ0v) is 24.6. The molecule has 0 saturated heterocycles. The Bertz CT molecular complexity index is 1400. The van der Waals surface area contributed by atoms with E-state index in [1.54, 1.807) is 32.0 Å². The Labute approximate surface area is 250 Å². The van der Waals surface area contributed by atoms with Gasteiger partial charge in [0.05, 0.1) is 31.7 Å². The van der Waals surface area contributed by atoms with Gasteiger partial charge in [-0.25, -0.2) is 4.39 Å². The number of nitrogens with one attached hydrogen (secondary N) is 3. The number of methoxy groups -OCH3 is 1. The number of rotatable bonds is 15. The van der Waals surface area contributed by atoms with Gasteiger partial charge in [0.2, 0.25) is 17.6 Å². The SMILES string of the molecule is COc1ccc(-c2nn[nH]n2)cc1CC(=O)NC(C(=O)NC(CC(=O)O)C(=O)CSCc1c(F)cccc1Cl)C(C)C. The minimum absolute atomic E-state index is 0.0764. The zero-order valence-electron chi connectivity index (χ0n) is 23.0. The maximum atomic E-state index is 14.0. The first kappa shape index (κ1) is 32.5. The second-order valence-corrected chi connectivity index (χ2v) is 10.9.